The predicted molar refractivity (Wildman–Crippen MR) is 86.1 cm³/mol. The van der Waals surface area contributed by atoms with Gasteiger partial charge in [0.25, 0.3) is 0 Å². The number of thioether (sulfide) groups is 1. The van der Waals surface area contributed by atoms with E-state index in [1.165, 1.54) is 0 Å². The van der Waals surface area contributed by atoms with Gasteiger partial charge in [-0.2, -0.15) is 11.8 Å². The number of hydrogen-bond donors (Lipinski definition) is 1. The van der Waals surface area contributed by atoms with Crippen molar-refractivity contribution >= 4 is 29.3 Å². The second-order valence-electron chi connectivity index (χ2n) is 4.97. The zero-order chi connectivity index (χ0) is 14.5. The Kier molecular flexibility index (Phi) is 5.75. The van der Waals surface area contributed by atoms with Gasteiger partial charge in [0.2, 0.25) is 5.91 Å². The fraction of sp³-hybridized carbons (Fsp3) is 0.533. The van der Waals surface area contributed by atoms with Crippen molar-refractivity contribution in [2.24, 2.45) is 0 Å². The van der Waals surface area contributed by atoms with Crippen molar-refractivity contribution in [3.8, 4) is 0 Å². The smallest absolute Gasteiger partial charge is 0.238 e. The minimum absolute atomic E-state index is 0.0265. The van der Waals surface area contributed by atoms with Crippen LogP contribution in [-0.2, 0) is 4.79 Å². The van der Waals surface area contributed by atoms with E-state index in [-0.39, 0.29) is 18.1 Å². The van der Waals surface area contributed by atoms with E-state index in [4.69, 9.17) is 11.6 Å². The van der Waals surface area contributed by atoms with Crippen molar-refractivity contribution < 1.29 is 4.79 Å². The fourth-order valence-electron chi connectivity index (χ4n) is 2.48. The fourth-order valence-corrected chi connectivity index (χ4v) is 3.40. The van der Waals surface area contributed by atoms with Gasteiger partial charge < -0.3 is 4.90 Å². The van der Waals surface area contributed by atoms with Gasteiger partial charge in [0.1, 0.15) is 6.17 Å². The molecule has 2 atom stereocenters. The van der Waals surface area contributed by atoms with Crippen LogP contribution in [0, 0.1) is 0 Å². The van der Waals surface area contributed by atoms with Gasteiger partial charge in [0, 0.05) is 11.1 Å². The Bertz CT molecular complexity index is 452. The van der Waals surface area contributed by atoms with Gasteiger partial charge in [0.15, 0.2) is 0 Å². The Morgan fingerprint density at radius 2 is 2.15 bits per heavy atom. The van der Waals surface area contributed by atoms with Gasteiger partial charge in [-0.25, -0.2) is 0 Å². The van der Waals surface area contributed by atoms with Gasteiger partial charge >= 0.3 is 0 Å². The molecule has 1 aliphatic rings. The van der Waals surface area contributed by atoms with Crippen molar-refractivity contribution in [3.05, 3.63) is 34.9 Å². The molecule has 3 nitrogen and oxygen atoms in total. The summed E-state index contributed by atoms with van der Waals surface area (Å²) in [5.74, 6) is 2.40. The maximum atomic E-state index is 12.1. The Balaban J connectivity index is 2.07. The highest BCUT2D eigenvalue weighted by atomic mass is 35.5. The molecule has 1 saturated heterocycles. The van der Waals surface area contributed by atoms with Crippen LogP contribution in [-0.4, -0.2) is 34.9 Å². The zero-order valence-electron chi connectivity index (χ0n) is 11.9. The average Bonchev–Trinajstić information content (AvgIpc) is 2.82. The Morgan fingerprint density at radius 3 is 2.80 bits per heavy atom. The third-order valence-electron chi connectivity index (χ3n) is 3.56. The van der Waals surface area contributed by atoms with Gasteiger partial charge in [-0.1, -0.05) is 30.7 Å². The van der Waals surface area contributed by atoms with Crippen molar-refractivity contribution in [1.29, 1.82) is 0 Å². The standard InChI is InChI=1S/C15H21ClN2OS/c1-3-20-9-8-11(2)18-14(19)10-17-15(18)12-4-6-13(16)7-5-12/h4-7,11,15,17H,3,8-10H2,1-2H3. The molecule has 0 spiro atoms. The lowest BCUT2D eigenvalue weighted by Gasteiger charge is -2.30. The van der Waals surface area contributed by atoms with Crippen LogP contribution in [0.25, 0.3) is 0 Å². The second kappa shape index (κ2) is 7.34. The van der Waals surface area contributed by atoms with Crippen molar-refractivity contribution in [1.82, 2.24) is 10.2 Å². The van der Waals surface area contributed by atoms with Crippen LogP contribution in [0.3, 0.4) is 0 Å². The molecule has 0 saturated carbocycles. The third-order valence-corrected chi connectivity index (χ3v) is 4.74. The molecule has 1 aromatic carbocycles. The minimum Gasteiger partial charge on any atom is -0.319 e. The number of benzene rings is 1. The van der Waals surface area contributed by atoms with E-state index in [2.05, 4.69) is 19.2 Å². The molecule has 1 N–H and O–H groups in total. The van der Waals surface area contributed by atoms with E-state index in [9.17, 15) is 4.79 Å². The molecule has 1 fully saturated rings. The molecule has 20 heavy (non-hydrogen) atoms. The highest BCUT2D eigenvalue weighted by Gasteiger charge is 2.34. The number of nitrogens with one attached hydrogen (secondary N) is 1. The summed E-state index contributed by atoms with van der Waals surface area (Å²) in [4.78, 5) is 14.1. The van der Waals surface area contributed by atoms with E-state index >= 15 is 0 Å². The van der Waals surface area contributed by atoms with Crippen LogP contribution in [0.2, 0.25) is 5.02 Å². The Labute approximate surface area is 130 Å². The molecule has 2 unspecified atom stereocenters. The molecule has 0 bridgehead atoms. The molecular formula is C15H21ClN2OS. The number of nitrogens with zero attached hydrogens (tertiary/aromatic N) is 1. The summed E-state index contributed by atoms with van der Waals surface area (Å²) in [6.45, 7) is 4.71. The summed E-state index contributed by atoms with van der Waals surface area (Å²) in [5, 5.41) is 4.01. The van der Waals surface area contributed by atoms with Crippen LogP contribution in [0.5, 0.6) is 0 Å². The van der Waals surface area contributed by atoms with Gasteiger partial charge in [0.05, 0.1) is 6.54 Å². The van der Waals surface area contributed by atoms with E-state index in [1.807, 2.05) is 40.9 Å². The predicted octanol–water partition coefficient (Wildman–Crippen LogP) is 3.30. The summed E-state index contributed by atoms with van der Waals surface area (Å²) in [5.41, 5.74) is 1.09. The maximum Gasteiger partial charge on any atom is 0.238 e. The third kappa shape index (κ3) is 3.68. The van der Waals surface area contributed by atoms with Crippen LogP contribution < -0.4 is 5.32 Å². The Hall–Kier alpha value is -0.710. The van der Waals surface area contributed by atoms with Crippen LogP contribution in [0.15, 0.2) is 24.3 Å². The maximum absolute atomic E-state index is 12.1. The first-order valence-corrected chi connectivity index (χ1v) is 8.54. The van der Waals surface area contributed by atoms with Gasteiger partial charge in [-0.3, -0.25) is 10.1 Å². The summed E-state index contributed by atoms with van der Waals surface area (Å²) in [6.07, 6.45) is 0.997. The lowest BCUT2D eigenvalue weighted by atomic mass is 10.1. The largest absolute Gasteiger partial charge is 0.319 e. The van der Waals surface area contributed by atoms with Crippen molar-refractivity contribution in [3.63, 3.8) is 0 Å². The monoisotopic (exact) mass is 312 g/mol. The first-order chi connectivity index (χ1) is 9.63. The molecule has 0 aliphatic carbocycles. The summed E-state index contributed by atoms with van der Waals surface area (Å²) < 4.78 is 0. The van der Waals surface area contributed by atoms with E-state index < -0.39 is 0 Å². The molecule has 1 amide bonds. The molecule has 0 aromatic heterocycles. The number of rotatable bonds is 6. The van der Waals surface area contributed by atoms with Crippen LogP contribution in [0.4, 0.5) is 0 Å². The molecule has 1 aromatic rings. The summed E-state index contributed by atoms with van der Waals surface area (Å²) >= 11 is 7.85. The number of amides is 1. The molecule has 1 heterocycles. The van der Waals surface area contributed by atoms with E-state index in [1.54, 1.807) is 0 Å². The second-order valence-corrected chi connectivity index (χ2v) is 6.80. The van der Waals surface area contributed by atoms with Gasteiger partial charge in [-0.05, 0) is 42.5 Å². The highest BCUT2D eigenvalue weighted by Crippen LogP contribution is 2.27. The van der Waals surface area contributed by atoms with E-state index in [0.717, 1.165) is 28.5 Å². The molecule has 5 heteroatoms. The quantitative estimate of drug-likeness (QED) is 0.818. The number of carbonyl (C=O) groups is 1. The molecule has 0 radical (unpaired) electrons. The minimum atomic E-state index is -0.0265. The first kappa shape index (κ1) is 15.7. The number of halogens is 1. The molecule has 110 valence electrons. The normalized spacial score (nSPS) is 20.4. The van der Waals surface area contributed by atoms with Crippen LogP contribution in [0.1, 0.15) is 32.0 Å². The zero-order valence-corrected chi connectivity index (χ0v) is 13.5. The first-order valence-electron chi connectivity index (χ1n) is 7.01. The van der Waals surface area contributed by atoms with E-state index in [0.29, 0.717) is 6.54 Å². The molecular weight excluding hydrogens is 292 g/mol. The number of hydrogen-bond acceptors (Lipinski definition) is 3. The summed E-state index contributed by atoms with van der Waals surface area (Å²) in [6, 6.07) is 7.96. The lowest BCUT2D eigenvalue weighted by Crippen LogP contribution is -2.38. The SMILES string of the molecule is CCSCCC(C)N1C(=O)CNC1c1ccc(Cl)cc1. The lowest BCUT2D eigenvalue weighted by molar-refractivity contribution is -0.130. The van der Waals surface area contributed by atoms with Crippen molar-refractivity contribution in [2.45, 2.75) is 32.5 Å². The highest BCUT2D eigenvalue weighted by molar-refractivity contribution is 7.99. The topological polar surface area (TPSA) is 32.3 Å². The molecule has 2 rings (SSSR count). The van der Waals surface area contributed by atoms with Crippen molar-refractivity contribution in [2.75, 3.05) is 18.1 Å². The Morgan fingerprint density at radius 1 is 1.45 bits per heavy atom. The van der Waals surface area contributed by atoms with Crippen LogP contribution >= 0.6 is 23.4 Å². The number of carbonyl (C=O) groups excluding carboxylic acids is 1. The molecule has 1 aliphatic heterocycles. The summed E-state index contributed by atoms with van der Waals surface area (Å²) in [7, 11) is 0. The average molecular weight is 313 g/mol. The van der Waals surface area contributed by atoms with Gasteiger partial charge in [-0.15, -0.1) is 0 Å².